The molecule has 6 heteroatoms. The number of amides is 1. The number of ether oxygens (including phenoxy) is 2. The molecular formula is C27H25NO5. The molecule has 0 spiro atoms. The second kappa shape index (κ2) is 9.20. The van der Waals surface area contributed by atoms with Crippen LogP contribution in [0, 0.1) is 6.92 Å². The van der Waals surface area contributed by atoms with Crippen molar-refractivity contribution in [2.75, 3.05) is 18.6 Å². The average molecular weight is 443 g/mol. The molecule has 0 bridgehead atoms. The van der Waals surface area contributed by atoms with Gasteiger partial charge >= 0.3 is 0 Å². The van der Waals surface area contributed by atoms with Crippen LogP contribution < -0.4 is 14.4 Å². The van der Waals surface area contributed by atoms with E-state index in [0.29, 0.717) is 34.9 Å². The number of aliphatic hydroxyl groups is 1. The molecule has 0 saturated carbocycles. The summed E-state index contributed by atoms with van der Waals surface area (Å²) in [6.45, 7) is 4.34. The third-order valence-corrected chi connectivity index (χ3v) is 5.57. The van der Waals surface area contributed by atoms with E-state index in [9.17, 15) is 14.7 Å². The van der Waals surface area contributed by atoms with Gasteiger partial charge in [0.1, 0.15) is 17.3 Å². The Hall–Kier alpha value is -4.06. The number of aryl methyl sites for hydroxylation is 1. The lowest BCUT2D eigenvalue weighted by molar-refractivity contribution is -0.132. The molecule has 0 aliphatic carbocycles. The highest BCUT2D eigenvalue weighted by Crippen LogP contribution is 2.42. The van der Waals surface area contributed by atoms with E-state index in [1.165, 1.54) is 12.0 Å². The summed E-state index contributed by atoms with van der Waals surface area (Å²) in [5.41, 5.74) is 2.64. The number of Topliss-reactive ketones (excluding diaryl/α,β-unsaturated/α-hetero) is 1. The van der Waals surface area contributed by atoms with Crippen LogP contribution in [0.5, 0.6) is 11.5 Å². The van der Waals surface area contributed by atoms with Gasteiger partial charge in [-0.25, -0.2) is 0 Å². The first-order chi connectivity index (χ1) is 15.9. The van der Waals surface area contributed by atoms with Crippen molar-refractivity contribution in [3.8, 4) is 11.5 Å². The minimum atomic E-state index is -0.798. The normalized spacial score (nSPS) is 17.3. The second-order valence-electron chi connectivity index (χ2n) is 7.74. The minimum absolute atomic E-state index is 0.0268. The zero-order chi connectivity index (χ0) is 23.5. The van der Waals surface area contributed by atoms with Gasteiger partial charge in [0.25, 0.3) is 11.7 Å². The monoisotopic (exact) mass is 443 g/mol. The van der Waals surface area contributed by atoms with E-state index in [4.69, 9.17) is 9.47 Å². The number of carbonyl (C=O) groups excluding carboxylic acids is 2. The number of rotatable bonds is 6. The Kier molecular flexibility index (Phi) is 6.18. The fraction of sp³-hybridized carbons (Fsp3) is 0.185. The number of nitrogens with zero attached hydrogens (tertiary/aromatic N) is 1. The Bertz CT molecular complexity index is 1230. The first-order valence-electron chi connectivity index (χ1n) is 10.7. The number of carbonyl (C=O) groups is 2. The van der Waals surface area contributed by atoms with Crippen molar-refractivity contribution in [2.24, 2.45) is 0 Å². The Morgan fingerprint density at radius 3 is 2.36 bits per heavy atom. The largest absolute Gasteiger partial charge is 0.507 e. The van der Waals surface area contributed by atoms with Gasteiger partial charge in [-0.15, -0.1) is 0 Å². The molecule has 1 heterocycles. The lowest BCUT2D eigenvalue weighted by Crippen LogP contribution is -2.29. The SMILES string of the molecule is CCOc1ccc(C2/C(=C(\O)c3cccc(OC)c3)C(=O)C(=O)N2c2cccc(C)c2)cc1. The maximum atomic E-state index is 13.2. The van der Waals surface area contributed by atoms with E-state index in [2.05, 4.69) is 0 Å². The molecule has 1 aliphatic rings. The fourth-order valence-corrected chi connectivity index (χ4v) is 4.03. The van der Waals surface area contributed by atoms with E-state index in [1.54, 1.807) is 42.5 Å². The predicted octanol–water partition coefficient (Wildman–Crippen LogP) is 5.03. The molecule has 6 nitrogen and oxygen atoms in total. The zero-order valence-electron chi connectivity index (χ0n) is 18.7. The number of hydrogen-bond donors (Lipinski definition) is 1. The summed E-state index contributed by atoms with van der Waals surface area (Å²) in [7, 11) is 1.52. The molecule has 0 aromatic heterocycles. The number of anilines is 1. The molecule has 0 radical (unpaired) electrons. The first-order valence-corrected chi connectivity index (χ1v) is 10.7. The molecule has 1 fully saturated rings. The van der Waals surface area contributed by atoms with Crippen LogP contribution in [0.3, 0.4) is 0 Å². The van der Waals surface area contributed by atoms with Crippen LogP contribution in [0.15, 0.2) is 78.4 Å². The Labute approximate surface area is 192 Å². The van der Waals surface area contributed by atoms with Crippen molar-refractivity contribution in [1.29, 1.82) is 0 Å². The van der Waals surface area contributed by atoms with Gasteiger partial charge in [-0.2, -0.15) is 0 Å². The molecule has 3 aromatic rings. The third-order valence-electron chi connectivity index (χ3n) is 5.57. The summed E-state index contributed by atoms with van der Waals surface area (Å²) < 4.78 is 10.8. The summed E-state index contributed by atoms with van der Waals surface area (Å²) >= 11 is 0. The lowest BCUT2D eigenvalue weighted by Gasteiger charge is -2.26. The van der Waals surface area contributed by atoms with Crippen molar-refractivity contribution in [3.05, 3.63) is 95.1 Å². The van der Waals surface area contributed by atoms with Gasteiger partial charge < -0.3 is 14.6 Å². The summed E-state index contributed by atoms with van der Waals surface area (Å²) in [6.07, 6.45) is 0. The van der Waals surface area contributed by atoms with Crippen LogP contribution in [0.2, 0.25) is 0 Å². The minimum Gasteiger partial charge on any atom is -0.507 e. The van der Waals surface area contributed by atoms with Gasteiger partial charge in [0.05, 0.1) is 25.3 Å². The topological polar surface area (TPSA) is 76.1 Å². The molecular weight excluding hydrogens is 418 g/mol. The number of aliphatic hydroxyl groups excluding tert-OH is 1. The Balaban J connectivity index is 1.91. The number of methoxy groups -OCH3 is 1. The van der Waals surface area contributed by atoms with E-state index >= 15 is 0 Å². The van der Waals surface area contributed by atoms with Crippen molar-refractivity contribution < 1.29 is 24.2 Å². The molecule has 1 saturated heterocycles. The predicted molar refractivity (Wildman–Crippen MR) is 127 cm³/mol. The summed E-state index contributed by atoms with van der Waals surface area (Å²) in [5.74, 6) is -0.466. The van der Waals surface area contributed by atoms with Crippen LogP contribution in [-0.4, -0.2) is 30.5 Å². The average Bonchev–Trinajstić information content (AvgIpc) is 3.10. The zero-order valence-corrected chi connectivity index (χ0v) is 18.7. The molecule has 1 amide bonds. The van der Waals surface area contributed by atoms with Gasteiger partial charge in [0.15, 0.2) is 0 Å². The fourth-order valence-electron chi connectivity index (χ4n) is 4.03. The van der Waals surface area contributed by atoms with Crippen molar-refractivity contribution in [3.63, 3.8) is 0 Å². The van der Waals surface area contributed by atoms with Crippen LogP contribution in [-0.2, 0) is 9.59 Å². The number of ketones is 1. The van der Waals surface area contributed by atoms with E-state index in [0.717, 1.165) is 5.56 Å². The van der Waals surface area contributed by atoms with Gasteiger partial charge in [-0.05, 0) is 61.4 Å². The maximum absolute atomic E-state index is 13.2. The second-order valence-corrected chi connectivity index (χ2v) is 7.74. The lowest BCUT2D eigenvalue weighted by atomic mass is 9.95. The number of benzene rings is 3. The van der Waals surface area contributed by atoms with Crippen molar-refractivity contribution in [2.45, 2.75) is 19.9 Å². The van der Waals surface area contributed by atoms with Crippen LogP contribution >= 0.6 is 0 Å². The molecule has 1 N–H and O–H groups in total. The highest BCUT2D eigenvalue weighted by molar-refractivity contribution is 6.51. The maximum Gasteiger partial charge on any atom is 0.300 e. The van der Waals surface area contributed by atoms with Crippen LogP contribution in [0.4, 0.5) is 5.69 Å². The van der Waals surface area contributed by atoms with E-state index in [1.807, 2.05) is 44.2 Å². The van der Waals surface area contributed by atoms with Crippen molar-refractivity contribution in [1.82, 2.24) is 0 Å². The quantitative estimate of drug-likeness (QED) is 0.329. The molecule has 1 aliphatic heterocycles. The summed E-state index contributed by atoms with van der Waals surface area (Å²) in [6, 6.07) is 20.6. The standard InChI is InChI=1S/C27H25NO5/c1-4-33-21-13-11-18(12-14-21)24-23(25(29)19-8-6-10-22(16-19)32-3)26(30)27(31)28(24)20-9-5-7-17(2)15-20/h5-16,24,29H,4H2,1-3H3/b25-23+. The van der Waals surface area contributed by atoms with Gasteiger partial charge in [0.2, 0.25) is 0 Å². The van der Waals surface area contributed by atoms with Crippen LogP contribution in [0.1, 0.15) is 29.7 Å². The first kappa shape index (κ1) is 22.1. The Morgan fingerprint density at radius 1 is 0.970 bits per heavy atom. The molecule has 33 heavy (non-hydrogen) atoms. The molecule has 168 valence electrons. The highest BCUT2D eigenvalue weighted by atomic mass is 16.5. The summed E-state index contributed by atoms with van der Waals surface area (Å²) in [4.78, 5) is 27.9. The number of hydrogen-bond acceptors (Lipinski definition) is 5. The smallest absolute Gasteiger partial charge is 0.300 e. The van der Waals surface area contributed by atoms with E-state index in [-0.39, 0.29) is 11.3 Å². The van der Waals surface area contributed by atoms with Gasteiger partial charge in [-0.1, -0.05) is 36.4 Å². The van der Waals surface area contributed by atoms with Gasteiger partial charge in [0, 0.05) is 11.3 Å². The molecule has 3 aromatic carbocycles. The molecule has 4 rings (SSSR count). The summed E-state index contributed by atoms with van der Waals surface area (Å²) in [5, 5.41) is 11.2. The molecule has 1 atom stereocenters. The van der Waals surface area contributed by atoms with Crippen LogP contribution in [0.25, 0.3) is 5.76 Å². The molecule has 1 unspecified atom stereocenters. The van der Waals surface area contributed by atoms with E-state index < -0.39 is 17.7 Å². The van der Waals surface area contributed by atoms with Crippen molar-refractivity contribution >= 4 is 23.1 Å². The third kappa shape index (κ3) is 4.20. The highest BCUT2D eigenvalue weighted by Gasteiger charge is 2.47. The van der Waals surface area contributed by atoms with Gasteiger partial charge in [-0.3, -0.25) is 14.5 Å². The Morgan fingerprint density at radius 2 is 1.70 bits per heavy atom.